The molecule has 1 aliphatic heterocycles. The summed E-state index contributed by atoms with van der Waals surface area (Å²) in [5.74, 6) is 0.145. The average Bonchev–Trinajstić information content (AvgIpc) is 2.29. The number of hydrogen-bond acceptors (Lipinski definition) is 3. The first kappa shape index (κ1) is 13.0. The van der Waals surface area contributed by atoms with Gasteiger partial charge >= 0.3 is 0 Å². The topological polar surface area (TPSA) is 46.3 Å². The summed E-state index contributed by atoms with van der Waals surface area (Å²) in [7, 11) is 0. The molecule has 2 N–H and O–H groups in total. The molecule has 96 valence electrons. The van der Waals surface area contributed by atoms with Gasteiger partial charge < -0.3 is 10.6 Å². The van der Waals surface area contributed by atoms with Crippen molar-refractivity contribution < 1.29 is 4.79 Å². The highest BCUT2D eigenvalue weighted by atomic mass is 32.2. The van der Waals surface area contributed by atoms with E-state index in [1.807, 2.05) is 43.0 Å². The van der Waals surface area contributed by atoms with Crippen LogP contribution in [0.25, 0.3) is 0 Å². The molecule has 1 aromatic rings. The van der Waals surface area contributed by atoms with E-state index in [9.17, 15) is 4.79 Å². The highest BCUT2D eigenvalue weighted by Gasteiger charge is 2.39. The number of carbonyl (C=O) groups excluding carboxylic acids is 1. The Morgan fingerprint density at radius 2 is 2.22 bits per heavy atom. The summed E-state index contributed by atoms with van der Waals surface area (Å²) >= 11 is 1.58. The second kappa shape index (κ2) is 4.69. The second-order valence-electron chi connectivity index (χ2n) is 4.87. The van der Waals surface area contributed by atoms with Crippen molar-refractivity contribution in [3.05, 3.63) is 30.9 Å². The van der Waals surface area contributed by atoms with Crippen molar-refractivity contribution in [2.75, 3.05) is 17.2 Å². The first-order chi connectivity index (χ1) is 8.45. The van der Waals surface area contributed by atoms with E-state index in [1.54, 1.807) is 11.8 Å². The molecule has 18 heavy (non-hydrogen) atoms. The minimum Gasteiger partial charge on any atom is -0.399 e. The summed E-state index contributed by atoms with van der Waals surface area (Å²) < 4.78 is -0.442. The molecule has 1 heterocycles. The Balaban J connectivity index is 2.45. The molecule has 4 heteroatoms. The smallest absolute Gasteiger partial charge is 0.243 e. The molecule has 1 aliphatic rings. The van der Waals surface area contributed by atoms with Gasteiger partial charge in [-0.1, -0.05) is 6.08 Å². The molecule has 2 rings (SSSR count). The van der Waals surface area contributed by atoms with Gasteiger partial charge in [-0.05, 0) is 38.5 Å². The molecule has 3 nitrogen and oxygen atoms in total. The van der Waals surface area contributed by atoms with Crippen LogP contribution in [0.4, 0.5) is 11.4 Å². The third-order valence-corrected chi connectivity index (χ3v) is 4.19. The highest BCUT2D eigenvalue weighted by molar-refractivity contribution is 8.01. The zero-order valence-electron chi connectivity index (χ0n) is 10.8. The van der Waals surface area contributed by atoms with Gasteiger partial charge in [0.1, 0.15) is 0 Å². The summed E-state index contributed by atoms with van der Waals surface area (Å²) in [6, 6.07) is 5.70. The van der Waals surface area contributed by atoms with E-state index >= 15 is 0 Å². The van der Waals surface area contributed by atoms with E-state index in [1.165, 1.54) is 0 Å². The van der Waals surface area contributed by atoms with Crippen LogP contribution in [-0.2, 0) is 4.79 Å². The average molecular weight is 262 g/mol. The molecule has 0 aromatic heterocycles. The Morgan fingerprint density at radius 3 is 2.89 bits per heavy atom. The lowest BCUT2D eigenvalue weighted by Gasteiger charge is -2.38. The van der Waals surface area contributed by atoms with Crippen LogP contribution in [0, 0.1) is 0 Å². The number of thioether (sulfide) groups is 1. The summed E-state index contributed by atoms with van der Waals surface area (Å²) in [5, 5.41) is 0. The Kier molecular flexibility index (Phi) is 3.39. The summed E-state index contributed by atoms with van der Waals surface area (Å²) in [4.78, 5) is 15.4. The second-order valence-corrected chi connectivity index (χ2v) is 6.54. The van der Waals surface area contributed by atoms with E-state index in [0.29, 0.717) is 6.54 Å². The van der Waals surface area contributed by atoms with Crippen molar-refractivity contribution in [3.63, 3.8) is 0 Å². The fraction of sp³-hybridized carbons (Fsp3) is 0.357. The van der Waals surface area contributed by atoms with E-state index in [-0.39, 0.29) is 5.91 Å². The zero-order valence-corrected chi connectivity index (χ0v) is 11.6. The Labute approximate surface area is 112 Å². The number of benzene rings is 1. The molecular weight excluding hydrogens is 244 g/mol. The Morgan fingerprint density at radius 1 is 1.50 bits per heavy atom. The van der Waals surface area contributed by atoms with Gasteiger partial charge in [-0.25, -0.2) is 0 Å². The summed E-state index contributed by atoms with van der Waals surface area (Å²) in [6.07, 6.45) is 2.62. The van der Waals surface area contributed by atoms with Crippen LogP contribution in [0.5, 0.6) is 0 Å². The Bertz CT molecular complexity index is 497. The van der Waals surface area contributed by atoms with Crippen LogP contribution < -0.4 is 10.6 Å². The first-order valence-electron chi connectivity index (χ1n) is 5.97. The first-order valence-corrected chi connectivity index (χ1v) is 6.79. The number of anilines is 2. The van der Waals surface area contributed by atoms with Gasteiger partial charge in [0.15, 0.2) is 0 Å². The number of carbonyl (C=O) groups is 1. The summed E-state index contributed by atoms with van der Waals surface area (Å²) in [5.41, 5.74) is 7.51. The molecular formula is C14H18N2OS. The van der Waals surface area contributed by atoms with E-state index in [4.69, 9.17) is 5.73 Å². The number of fused-ring (bicyclic) bond motifs is 1. The van der Waals surface area contributed by atoms with Crippen LogP contribution >= 0.6 is 11.8 Å². The van der Waals surface area contributed by atoms with Gasteiger partial charge in [-0.3, -0.25) is 4.79 Å². The van der Waals surface area contributed by atoms with Crippen LogP contribution in [0.1, 0.15) is 20.3 Å². The molecule has 0 spiro atoms. The number of rotatable bonds is 3. The van der Waals surface area contributed by atoms with E-state index < -0.39 is 4.75 Å². The quantitative estimate of drug-likeness (QED) is 0.672. The number of hydrogen-bond donors (Lipinski definition) is 1. The van der Waals surface area contributed by atoms with Gasteiger partial charge in [0.25, 0.3) is 0 Å². The van der Waals surface area contributed by atoms with Gasteiger partial charge in [-0.15, -0.1) is 18.3 Å². The Hall–Kier alpha value is -1.42. The number of nitrogens with two attached hydrogens (primary N) is 1. The maximum Gasteiger partial charge on any atom is 0.243 e. The normalized spacial score (nSPS) is 17.4. The molecule has 0 atom stereocenters. The van der Waals surface area contributed by atoms with Gasteiger partial charge in [0.05, 0.1) is 10.4 Å². The molecule has 0 fully saturated rings. The minimum absolute atomic E-state index is 0.145. The lowest BCUT2D eigenvalue weighted by atomic mass is 10.1. The van der Waals surface area contributed by atoms with Crippen LogP contribution in [-0.4, -0.2) is 17.2 Å². The minimum atomic E-state index is -0.442. The standard InChI is InChI=1S/C14H18N2OS/c1-4-5-8-16-11-7-6-10(15)9-12(11)18-14(2,3)13(16)17/h4,6-7,9H,1,5,8,15H2,2-3H3. The molecule has 1 aromatic carbocycles. The zero-order chi connectivity index (χ0) is 13.3. The van der Waals surface area contributed by atoms with Gasteiger partial charge in [0.2, 0.25) is 5.91 Å². The number of amides is 1. The fourth-order valence-corrected chi connectivity index (χ4v) is 3.26. The molecule has 0 aliphatic carbocycles. The SMILES string of the molecule is C=CCCN1C(=O)C(C)(C)Sc2cc(N)ccc21. The van der Waals surface area contributed by atoms with Gasteiger partial charge in [-0.2, -0.15) is 0 Å². The molecule has 1 amide bonds. The van der Waals surface area contributed by atoms with Gasteiger partial charge in [0, 0.05) is 17.1 Å². The van der Waals surface area contributed by atoms with Crippen molar-refractivity contribution >= 4 is 29.0 Å². The number of nitrogen functional groups attached to an aromatic ring is 1. The predicted molar refractivity (Wildman–Crippen MR) is 78.0 cm³/mol. The lowest BCUT2D eigenvalue weighted by molar-refractivity contribution is -0.120. The molecule has 0 radical (unpaired) electrons. The lowest BCUT2D eigenvalue weighted by Crippen LogP contribution is -2.46. The maximum absolute atomic E-state index is 12.4. The third kappa shape index (κ3) is 2.25. The molecule has 0 saturated carbocycles. The molecule has 0 unspecified atom stereocenters. The largest absolute Gasteiger partial charge is 0.399 e. The van der Waals surface area contributed by atoms with Crippen molar-refractivity contribution in [1.82, 2.24) is 0 Å². The van der Waals surface area contributed by atoms with Crippen LogP contribution in [0.3, 0.4) is 0 Å². The van der Waals surface area contributed by atoms with E-state index in [0.717, 1.165) is 22.7 Å². The predicted octanol–water partition coefficient (Wildman–Crippen LogP) is 3.06. The third-order valence-electron chi connectivity index (χ3n) is 2.96. The molecule has 0 saturated heterocycles. The summed E-state index contributed by atoms with van der Waals surface area (Å²) in [6.45, 7) is 8.29. The van der Waals surface area contributed by atoms with Crippen molar-refractivity contribution in [2.24, 2.45) is 0 Å². The maximum atomic E-state index is 12.4. The van der Waals surface area contributed by atoms with Crippen molar-refractivity contribution in [2.45, 2.75) is 29.9 Å². The van der Waals surface area contributed by atoms with Crippen molar-refractivity contribution in [1.29, 1.82) is 0 Å². The highest BCUT2D eigenvalue weighted by Crippen LogP contribution is 2.45. The number of nitrogens with zero attached hydrogens (tertiary/aromatic N) is 1. The van der Waals surface area contributed by atoms with E-state index in [2.05, 4.69) is 6.58 Å². The van der Waals surface area contributed by atoms with Crippen LogP contribution in [0.2, 0.25) is 0 Å². The van der Waals surface area contributed by atoms with Crippen molar-refractivity contribution in [3.8, 4) is 0 Å². The monoisotopic (exact) mass is 262 g/mol. The molecule has 0 bridgehead atoms. The van der Waals surface area contributed by atoms with Crippen LogP contribution in [0.15, 0.2) is 35.7 Å². The fourth-order valence-electron chi connectivity index (χ4n) is 2.03.